The van der Waals surface area contributed by atoms with Crippen molar-refractivity contribution >= 4 is 23.0 Å². The molecule has 2 fully saturated rings. The van der Waals surface area contributed by atoms with Gasteiger partial charge in [0.1, 0.15) is 11.6 Å². The van der Waals surface area contributed by atoms with Gasteiger partial charge in [-0.25, -0.2) is 4.98 Å². The van der Waals surface area contributed by atoms with Crippen LogP contribution in [0.1, 0.15) is 66.0 Å². The van der Waals surface area contributed by atoms with E-state index in [-0.39, 0.29) is 12.1 Å². The van der Waals surface area contributed by atoms with Crippen molar-refractivity contribution in [3.8, 4) is 11.6 Å². The van der Waals surface area contributed by atoms with Crippen LogP contribution in [-0.2, 0) is 0 Å². The predicted molar refractivity (Wildman–Crippen MR) is 155 cm³/mol. The molecular weight excluding hydrogens is 490 g/mol. The number of pyridine rings is 2. The highest BCUT2D eigenvalue weighted by Crippen LogP contribution is 2.44. The van der Waals surface area contributed by atoms with Crippen molar-refractivity contribution in [1.82, 2.24) is 19.9 Å². The first-order valence-corrected chi connectivity index (χ1v) is 13.8. The van der Waals surface area contributed by atoms with E-state index >= 15 is 0 Å². The van der Waals surface area contributed by atoms with Gasteiger partial charge in [0.05, 0.1) is 23.9 Å². The zero-order valence-electron chi connectivity index (χ0n) is 22.1. The molecule has 7 heteroatoms. The molecule has 4 heterocycles. The summed E-state index contributed by atoms with van der Waals surface area (Å²) in [6.07, 6.45) is 8.81. The molecule has 0 radical (unpaired) electrons. The number of nitrogens with zero attached hydrogens (tertiary/aromatic N) is 4. The van der Waals surface area contributed by atoms with E-state index < -0.39 is 0 Å². The molecule has 38 heavy (non-hydrogen) atoms. The van der Waals surface area contributed by atoms with Crippen molar-refractivity contribution in [3.63, 3.8) is 0 Å². The molecule has 4 aromatic rings. The number of ether oxygens (including phenoxy) is 1. The normalized spacial score (nSPS) is 19.7. The summed E-state index contributed by atoms with van der Waals surface area (Å²) in [5.41, 5.74) is 6.61. The third-order valence-electron chi connectivity index (χ3n) is 7.80. The molecule has 1 aliphatic carbocycles. The summed E-state index contributed by atoms with van der Waals surface area (Å²) in [4.78, 5) is 11.7. The van der Waals surface area contributed by atoms with Crippen molar-refractivity contribution in [1.29, 1.82) is 0 Å². The molecule has 1 N–H and O–H groups in total. The molecule has 194 valence electrons. The second kappa shape index (κ2) is 10.2. The molecule has 2 aliphatic rings. The monoisotopic (exact) mass is 523 g/mol. The fourth-order valence-electron chi connectivity index (χ4n) is 5.96. The number of nitrogens with one attached hydrogen (secondary N) is 1. The minimum absolute atomic E-state index is 0.0806. The van der Waals surface area contributed by atoms with Crippen molar-refractivity contribution in [2.75, 3.05) is 4.90 Å². The van der Waals surface area contributed by atoms with E-state index in [0.29, 0.717) is 11.2 Å². The van der Waals surface area contributed by atoms with Crippen LogP contribution in [-0.4, -0.2) is 25.8 Å². The SMILES string of the molecule is Cc1cccnc1-n1c(C)cc(C2C(c3ccccn3)NC(=S)N2c2ccc(OC3CCCC3)cc2)c1C. The second-order valence-corrected chi connectivity index (χ2v) is 10.7. The third-order valence-corrected chi connectivity index (χ3v) is 8.12. The van der Waals surface area contributed by atoms with Crippen LogP contribution in [0.3, 0.4) is 0 Å². The number of aromatic nitrogens is 3. The molecular formula is C31H33N5OS. The number of thiocarbonyl (C=S) groups is 1. The maximum absolute atomic E-state index is 6.23. The van der Waals surface area contributed by atoms with Crippen LogP contribution in [0.15, 0.2) is 73.1 Å². The summed E-state index contributed by atoms with van der Waals surface area (Å²) in [5.74, 6) is 1.87. The highest BCUT2D eigenvalue weighted by molar-refractivity contribution is 7.80. The van der Waals surface area contributed by atoms with Gasteiger partial charge in [0.15, 0.2) is 5.11 Å². The number of hydrogen-bond acceptors (Lipinski definition) is 4. The van der Waals surface area contributed by atoms with Gasteiger partial charge in [-0.05, 0) is 118 Å². The number of benzene rings is 1. The number of rotatable bonds is 6. The van der Waals surface area contributed by atoms with Gasteiger partial charge in [0.25, 0.3) is 0 Å². The Kier molecular flexibility index (Phi) is 6.62. The van der Waals surface area contributed by atoms with Crippen LogP contribution in [0.25, 0.3) is 5.82 Å². The average Bonchev–Trinajstić information content (AvgIpc) is 3.63. The van der Waals surface area contributed by atoms with Crippen LogP contribution < -0.4 is 15.0 Å². The van der Waals surface area contributed by atoms with E-state index in [1.54, 1.807) is 0 Å². The molecule has 1 saturated heterocycles. The lowest BCUT2D eigenvalue weighted by molar-refractivity contribution is 0.210. The Morgan fingerprint density at radius 2 is 1.68 bits per heavy atom. The Morgan fingerprint density at radius 3 is 2.39 bits per heavy atom. The van der Waals surface area contributed by atoms with Gasteiger partial charge in [-0.1, -0.05) is 12.1 Å². The van der Waals surface area contributed by atoms with Crippen molar-refractivity contribution < 1.29 is 4.74 Å². The van der Waals surface area contributed by atoms with Gasteiger partial charge in [-0.15, -0.1) is 0 Å². The zero-order valence-corrected chi connectivity index (χ0v) is 22.9. The lowest BCUT2D eigenvalue weighted by Gasteiger charge is -2.28. The van der Waals surface area contributed by atoms with Crippen LogP contribution in [0, 0.1) is 20.8 Å². The second-order valence-electron chi connectivity index (χ2n) is 10.3. The number of aryl methyl sites for hydroxylation is 2. The molecule has 1 aliphatic heterocycles. The topological polar surface area (TPSA) is 55.2 Å². The van der Waals surface area contributed by atoms with Crippen LogP contribution in [0.2, 0.25) is 0 Å². The van der Waals surface area contributed by atoms with Crippen molar-refractivity contribution in [2.45, 2.75) is 64.6 Å². The highest BCUT2D eigenvalue weighted by atomic mass is 32.1. The van der Waals surface area contributed by atoms with Gasteiger partial charge in [-0.2, -0.15) is 0 Å². The smallest absolute Gasteiger partial charge is 0.174 e. The molecule has 6 nitrogen and oxygen atoms in total. The molecule has 0 spiro atoms. The summed E-state index contributed by atoms with van der Waals surface area (Å²) in [5, 5.41) is 4.28. The maximum atomic E-state index is 6.23. The Labute approximate surface area is 229 Å². The Hall–Kier alpha value is -3.71. The fourth-order valence-corrected chi connectivity index (χ4v) is 6.30. The minimum Gasteiger partial charge on any atom is -0.490 e. The molecule has 3 aromatic heterocycles. The van der Waals surface area contributed by atoms with E-state index in [4.69, 9.17) is 26.9 Å². The van der Waals surface area contributed by atoms with E-state index in [0.717, 1.165) is 52.7 Å². The highest BCUT2D eigenvalue weighted by Gasteiger charge is 2.42. The molecule has 2 atom stereocenters. The molecule has 1 aromatic carbocycles. The summed E-state index contributed by atoms with van der Waals surface area (Å²) >= 11 is 5.96. The molecule has 1 saturated carbocycles. The Balaban J connectivity index is 1.42. The van der Waals surface area contributed by atoms with Crippen LogP contribution >= 0.6 is 12.2 Å². The van der Waals surface area contributed by atoms with E-state index in [2.05, 4.69) is 78.0 Å². The average molecular weight is 524 g/mol. The predicted octanol–water partition coefficient (Wildman–Crippen LogP) is 6.69. The van der Waals surface area contributed by atoms with Crippen LogP contribution in [0.4, 0.5) is 5.69 Å². The van der Waals surface area contributed by atoms with Crippen molar-refractivity contribution in [2.24, 2.45) is 0 Å². The van der Waals surface area contributed by atoms with Gasteiger partial charge >= 0.3 is 0 Å². The first kappa shape index (κ1) is 24.6. The number of anilines is 1. The lowest BCUT2D eigenvalue weighted by Crippen LogP contribution is -2.29. The molecule has 2 unspecified atom stereocenters. The van der Waals surface area contributed by atoms with E-state index in [1.807, 2.05) is 30.6 Å². The standard InChI is InChI=1S/C31H33N5OS/c1-20-9-8-18-33-30(20)35-21(2)19-26(22(35)3)29-28(27-12-6-7-17-32-27)34-31(38)36(29)23-13-15-25(16-14-23)37-24-10-4-5-11-24/h6-9,12-19,24,28-29H,4-5,10-11H2,1-3H3,(H,34,38). The summed E-state index contributed by atoms with van der Waals surface area (Å²) in [7, 11) is 0. The molecule has 6 rings (SSSR count). The van der Waals surface area contributed by atoms with Gasteiger partial charge in [0.2, 0.25) is 0 Å². The summed E-state index contributed by atoms with van der Waals surface area (Å²) in [6, 6.07) is 20.6. The molecule has 0 amide bonds. The zero-order chi connectivity index (χ0) is 26.2. The fraction of sp³-hybridized carbons (Fsp3) is 0.323. The molecule has 0 bridgehead atoms. The van der Waals surface area contributed by atoms with Crippen LogP contribution in [0.5, 0.6) is 5.75 Å². The van der Waals surface area contributed by atoms with E-state index in [9.17, 15) is 0 Å². The summed E-state index contributed by atoms with van der Waals surface area (Å²) < 4.78 is 8.48. The quantitative estimate of drug-likeness (QED) is 0.284. The third kappa shape index (κ3) is 4.45. The minimum atomic E-state index is -0.100. The van der Waals surface area contributed by atoms with Crippen molar-refractivity contribution in [3.05, 3.63) is 101 Å². The first-order chi connectivity index (χ1) is 18.5. The maximum Gasteiger partial charge on any atom is 0.174 e. The van der Waals surface area contributed by atoms with Gasteiger partial charge in [0, 0.05) is 29.5 Å². The Morgan fingerprint density at radius 1 is 0.921 bits per heavy atom. The van der Waals surface area contributed by atoms with Gasteiger partial charge < -0.3 is 19.5 Å². The number of hydrogen-bond donors (Lipinski definition) is 1. The summed E-state index contributed by atoms with van der Waals surface area (Å²) in [6.45, 7) is 6.41. The van der Waals surface area contributed by atoms with Gasteiger partial charge in [-0.3, -0.25) is 4.98 Å². The van der Waals surface area contributed by atoms with E-state index in [1.165, 1.54) is 18.4 Å². The Bertz CT molecular complexity index is 1440. The lowest BCUT2D eigenvalue weighted by atomic mass is 9.96. The largest absolute Gasteiger partial charge is 0.490 e. The first-order valence-electron chi connectivity index (χ1n) is 13.4.